The van der Waals surface area contributed by atoms with Gasteiger partial charge < -0.3 is 14.8 Å². The summed E-state index contributed by atoms with van der Waals surface area (Å²) >= 11 is 0. The number of hydrogen-bond donors (Lipinski definition) is 1. The SMILES string of the molecule is COc1ccc(OC(F)(F)F)cc1[C@H](N1CCNCC1)C(F)(F)F.Cl. The van der Waals surface area contributed by atoms with E-state index in [1.807, 2.05) is 0 Å². The molecule has 1 aromatic rings. The molecule has 2 rings (SSSR count). The fourth-order valence-electron chi connectivity index (χ4n) is 2.64. The predicted octanol–water partition coefficient (Wildman–Crippen LogP) is 3.52. The number of rotatable bonds is 4. The molecular formula is C14H17ClF6N2O2. The van der Waals surface area contributed by atoms with Crippen LogP contribution in [-0.2, 0) is 0 Å². The summed E-state index contributed by atoms with van der Waals surface area (Å²) in [7, 11) is 1.16. The molecule has 0 radical (unpaired) electrons. The summed E-state index contributed by atoms with van der Waals surface area (Å²) in [5.41, 5.74) is -0.409. The smallest absolute Gasteiger partial charge is 0.496 e. The topological polar surface area (TPSA) is 33.7 Å². The zero-order valence-electron chi connectivity index (χ0n) is 13.1. The summed E-state index contributed by atoms with van der Waals surface area (Å²) in [6.45, 7) is 0.927. The van der Waals surface area contributed by atoms with E-state index >= 15 is 0 Å². The van der Waals surface area contributed by atoms with Crippen molar-refractivity contribution in [3.8, 4) is 11.5 Å². The van der Waals surface area contributed by atoms with E-state index in [0.29, 0.717) is 13.1 Å². The molecule has 11 heteroatoms. The number of ether oxygens (including phenoxy) is 2. The van der Waals surface area contributed by atoms with Crippen LogP contribution in [0, 0.1) is 0 Å². The van der Waals surface area contributed by atoms with Crippen molar-refractivity contribution in [2.24, 2.45) is 0 Å². The van der Waals surface area contributed by atoms with Crippen LogP contribution in [0.25, 0.3) is 0 Å². The van der Waals surface area contributed by atoms with Crippen molar-refractivity contribution in [2.45, 2.75) is 18.6 Å². The Morgan fingerprint density at radius 3 is 2.16 bits per heavy atom. The number of halogens is 7. The van der Waals surface area contributed by atoms with E-state index in [-0.39, 0.29) is 31.2 Å². The van der Waals surface area contributed by atoms with Crippen LogP contribution in [0.3, 0.4) is 0 Å². The van der Waals surface area contributed by atoms with Crippen molar-refractivity contribution in [2.75, 3.05) is 33.3 Å². The molecule has 1 fully saturated rings. The van der Waals surface area contributed by atoms with E-state index in [9.17, 15) is 26.3 Å². The summed E-state index contributed by atoms with van der Waals surface area (Å²) in [5.74, 6) is -0.868. The summed E-state index contributed by atoms with van der Waals surface area (Å²) in [6.07, 6.45) is -9.67. The molecule has 4 nitrogen and oxygen atoms in total. The number of hydrogen-bond acceptors (Lipinski definition) is 4. The second kappa shape index (κ2) is 8.33. The highest BCUT2D eigenvalue weighted by Crippen LogP contribution is 2.43. The molecule has 25 heavy (non-hydrogen) atoms. The average molecular weight is 395 g/mol. The van der Waals surface area contributed by atoms with Crippen LogP contribution >= 0.6 is 12.4 Å². The highest BCUT2D eigenvalue weighted by Gasteiger charge is 2.46. The number of piperazine rings is 1. The minimum atomic E-state index is -4.99. The van der Waals surface area contributed by atoms with E-state index in [0.717, 1.165) is 30.2 Å². The Kier molecular flexibility index (Phi) is 7.21. The van der Waals surface area contributed by atoms with Crippen LogP contribution in [0.1, 0.15) is 11.6 Å². The van der Waals surface area contributed by atoms with Crippen molar-refractivity contribution >= 4 is 12.4 Å². The van der Waals surface area contributed by atoms with E-state index in [1.165, 1.54) is 0 Å². The van der Waals surface area contributed by atoms with Crippen molar-refractivity contribution in [3.05, 3.63) is 23.8 Å². The van der Waals surface area contributed by atoms with Gasteiger partial charge in [-0.2, -0.15) is 13.2 Å². The predicted molar refractivity (Wildman–Crippen MR) is 80.2 cm³/mol. The van der Waals surface area contributed by atoms with E-state index in [4.69, 9.17) is 4.74 Å². The lowest BCUT2D eigenvalue weighted by Crippen LogP contribution is -2.49. The molecule has 1 aliphatic heterocycles. The lowest BCUT2D eigenvalue weighted by molar-refractivity contribution is -0.274. The number of methoxy groups -OCH3 is 1. The Morgan fingerprint density at radius 2 is 1.68 bits per heavy atom. The number of benzene rings is 1. The molecule has 1 saturated heterocycles. The van der Waals surface area contributed by atoms with Gasteiger partial charge in [0.1, 0.15) is 17.5 Å². The summed E-state index contributed by atoms with van der Waals surface area (Å²) in [6, 6.07) is 0.608. The lowest BCUT2D eigenvalue weighted by Gasteiger charge is -2.36. The summed E-state index contributed by atoms with van der Waals surface area (Å²) in [4.78, 5) is 1.16. The van der Waals surface area contributed by atoms with Gasteiger partial charge in [0, 0.05) is 31.7 Å². The first-order chi connectivity index (χ1) is 11.1. The van der Waals surface area contributed by atoms with Crippen molar-refractivity contribution < 1.29 is 35.8 Å². The first-order valence-corrected chi connectivity index (χ1v) is 7.07. The highest BCUT2D eigenvalue weighted by molar-refractivity contribution is 5.85. The molecule has 1 aliphatic rings. The zero-order valence-corrected chi connectivity index (χ0v) is 13.9. The second-order valence-electron chi connectivity index (χ2n) is 5.18. The molecule has 1 heterocycles. The molecule has 0 unspecified atom stereocenters. The van der Waals surface area contributed by atoms with Gasteiger partial charge in [-0.15, -0.1) is 25.6 Å². The van der Waals surface area contributed by atoms with Gasteiger partial charge in [-0.05, 0) is 18.2 Å². The summed E-state index contributed by atoms with van der Waals surface area (Å²) in [5, 5.41) is 2.93. The number of nitrogens with zero attached hydrogens (tertiary/aromatic N) is 1. The summed E-state index contributed by atoms with van der Waals surface area (Å²) < 4.78 is 86.5. The van der Waals surface area contributed by atoms with Gasteiger partial charge in [-0.25, -0.2) is 0 Å². The molecule has 0 saturated carbocycles. The highest BCUT2D eigenvalue weighted by atomic mass is 35.5. The zero-order chi connectivity index (χ0) is 18.0. The van der Waals surface area contributed by atoms with Gasteiger partial charge in [0.15, 0.2) is 0 Å². The lowest BCUT2D eigenvalue weighted by atomic mass is 10.0. The molecule has 0 spiro atoms. The number of nitrogens with one attached hydrogen (secondary N) is 1. The third kappa shape index (κ3) is 5.82. The van der Waals surface area contributed by atoms with Crippen LogP contribution in [0.5, 0.6) is 11.5 Å². The maximum Gasteiger partial charge on any atom is 0.573 e. The van der Waals surface area contributed by atoms with E-state index < -0.39 is 29.9 Å². The molecule has 1 atom stereocenters. The quantitative estimate of drug-likeness (QED) is 0.792. The molecule has 0 amide bonds. The van der Waals surface area contributed by atoms with Gasteiger partial charge in [0.25, 0.3) is 0 Å². The maximum atomic E-state index is 13.6. The Bertz CT molecular complexity index is 561. The largest absolute Gasteiger partial charge is 0.573 e. The third-order valence-corrected chi connectivity index (χ3v) is 3.56. The van der Waals surface area contributed by atoms with Crippen molar-refractivity contribution in [1.29, 1.82) is 0 Å². The Labute approximate surface area is 146 Å². The second-order valence-corrected chi connectivity index (χ2v) is 5.18. The van der Waals surface area contributed by atoms with Gasteiger partial charge in [-0.3, -0.25) is 4.90 Å². The van der Waals surface area contributed by atoms with Crippen LogP contribution in [0.2, 0.25) is 0 Å². The van der Waals surface area contributed by atoms with E-state index in [1.54, 1.807) is 0 Å². The average Bonchev–Trinajstić information content (AvgIpc) is 2.46. The minimum Gasteiger partial charge on any atom is -0.496 e. The van der Waals surface area contributed by atoms with E-state index in [2.05, 4.69) is 10.1 Å². The molecule has 1 aromatic carbocycles. The Balaban J connectivity index is 0.00000312. The Morgan fingerprint density at radius 1 is 1.08 bits per heavy atom. The molecule has 0 aliphatic carbocycles. The fourth-order valence-corrected chi connectivity index (χ4v) is 2.64. The molecular weight excluding hydrogens is 378 g/mol. The van der Waals surface area contributed by atoms with Crippen LogP contribution < -0.4 is 14.8 Å². The van der Waals surface area contributed by atoms with Crippen LogP contribution in [0.15, 0.2) is 18.2 Å². The molecule has 0 aromatic heterocycles. The van der Waals surface area contributed by atoms with Crippen LogP contribution in [0.4, 0.5) is 26.3 Å². The van der Waals surface area contributed by atoms with Crippen molar-refractivity contribution in [1.82, 2.24) is 10.2 Å². The van der Waals surface area contributed by atoms with Crippen molar-refractivity contribution in [3.63, 3.8) is 0 Å². The first-order valence-electron chi connectivity index (χ1n) is 7.07. The number of alkyl halides is 6. The fraction of sp³-hybridized carbons (Fsp3) is 0.571. The molecule has 144 valence electrons. The van der Waals surface area contributed by atoms with Gasteiger partial charge in [-0.1, -0.05) is 0 Å². The minimum absolute atomic E-state index is 0. The maximum absolute atomic E-state index is 13.6. The molecule has 1 N–H and O–H groups in total. The standard InChI is InChI=1S/C14H16F6N2O2.ClH/c1-23-11-3-2-9(24-14(18,19)20)8-10(11)12(13(15,16)17)22-6-4-21-5-7-22;/h2-3,8,12,21H,4-7H2,1H3;1H/t12-;/m0./s1. The normalized spacial score (nSPS) is 17.6. The van der Waals surface area contributed by atoms with Gasteiger partial charge in [0.2, 0.25) is 0 Å². The molecule has 0 bridgehead atoms. The van der Waals surface area contributed by atoms with Gasteiger partial charge >= 0.3 is 12.5 Å². The van der Waals surface area contributed by atoms with Gasteiger partial charge in [0.05, 0.1) is 7.11 Å². The first kappa shape index (κ1) is 21.7. The third-order valence-electron chi connectivity index (χ3n) is 3.56. The van der Waals surface area contributed by atoms with Crippen LogP contribution in [-0.4, -0.2) is 50.7 Å². The monoisotopic (exact) mass is 394 g/mol. The Hall–Kier alpha value is -1.39.